The van der Waals surface area contributed by atoms with Crippen molar-refractivity contribution in [3.05, 3.63) is 84.1 Å². The Labute approximate surface area is 216 Å². The number of benzene rings is 3. The summed E-state index contributed by atoms with van der Waals surface area (Å²) in [5.41, 5.74) is 2.52. The molecule has 0 aliphatic heterocycles. The fraction of sp³-hybridized carbons (Fsp3) is 0.179. The van der Waals surface area contributed by atoms with Gasteiger partial charge in [-0.2, -0.15) is 0 Å². The summed E-state index contributed by atoms with van der Waals surface area (Å²) in [4.78, 5) is 5.99. The average molecular weight is 521 g/mol. The molecule has 6 nitrogen and oxygen atoms in total. The summed E-state index contributed by atoms with van der Waals surface area (Å²) in [6.07, 6.45) is 5.87. The smallest absolute Gasteiger partial charge is 0.262 e. The second-order valence-corrected chi connectivity index (χ2v) is 10.7. The van der Waals surface area contributed by atoms with Crippen molar-refractivity contribution in [2.24, 2.45) is 0 Å². The highest BCUT2D eigenvalue weighted by Gasteiger charge is 2.22. The number of allylic oxidation sites excluding steroid dienone is 1. The summed E-state index contributed by atoms with van der Waals surface area (Å²) in [5.74, 6) is 0.584. The van der Waals surface area contributed by atoms with Crippen LogP contribution in [0.25, 0.3) is 17.0 Å². The number of aromatic hydroxyl groups is 1. The van der Waals surface area contributed by atoms with Crippen molar-refractivity contribution < 1.29 is 18.3 Å². The van der Waals surface area contributed by atoms with Crippen molar-refractivity contribution in [2.45, 2.75) is 41.9 Å². The Balaban J connectivity index is 1.82. The molecule has 1 aromatic heterocycles. The van der Waals surface area contributed by atoms with E-state index in [1.165, 1.54) is 23.9 Å². The van der Waals surface area contributed by atoms with Crippen molar-refractivity contribution in [1.82, 2.24) is 4.98 Å². The molecule has 0 unspecified atom stereocenters. The molecule has 0 bridgehead atoms. The molecular formula is C28H28N2O4S2. The van der Waals surface area contributed by atoms with E-state index in [1.807, 2.05) is 57.2 Å². The fourth-order valence-corrected chi connectivity index (χ4v) is 6.13. The van der Waals surface area contributed by atoms with Gasteiger partial charge in [0.15, 0.2) is 0 Å². The number of aromatic nitrogens is 1. The number of sulfonamides is 1. The van der Waals surface area contributed by atoms with Crippen LogP contribution in [0.1, 0.15) is 31.9 Å². The predicted octanol–water partition coefficient (Wildman–Crippen LogP) is 6.89. The zero-order valence-corrected chi connectivity index (χ0v) is 22.0. The normalized spacial score (nSPS) is 11.8. The number of phenols is 1. The van der Waals surface area contributed by atoms with Crippen molar-refractivity contribution in [2.75, 3.05) is 11.3 Å². The van der Waals surface area contributed by atoms with Gasteiger partial charge < -0.3 is 9.84 Å². The number of pyridine rings is 1. The third-order valence-corrected chi connectivity index (χ3v) is 8.03. The van der Waals surface area contributed by atoms with Crippen LogP contribution in [-0.2, 0) is 16.4 Å². The summed E-state index contributed by atoms with van der Waals surface area (Å²) in [6.45, 7) is 6.06. The van der Waals surface area contributed by atoms with Crippen molar-refractivity contribution in [3.63, 3.8) is 0 Å². The van der Waals surface area contributed by atoms with E-state index in [1.54, 1.807) is 30.5 Å². The third-order valence-electron chi connectivity index (χ3n) is 5.59. The summed E-state index contributed by atoms with van der Waals surface area (Å²) in [5, 5.41) is 12.2. The van der Waals surface area contributed by atoms with Gasteiger partial charge in [-0.05, 0) is 56.2 Å². The number of fused-ring (bicyclic) bond motifs is 1. The number of ether oxygens (including phenoxy) is 1. The second-order valence-electron chi connectivity index (χ2n) is 7.96. The molecule has 0 spiro atoms. The lowest BCUT2D eigenvalue weighted by atomic mass is 10.0. The molecule has 4 aromatic rings. The maximum absolute atomic E-state index is 13.4. The molecule has 36 heavy (non-hydrogen) atoms. The maximum Gasteiger partial charge on any atom is 0.262 e. The van der Waals surface area contributed by atoms with Gasteiger partial charge in [-0.15, -0.1) is 0 Å². The van der Waals surface area contributed by atoms with E-state index in [-0.39, 0.29) is 10.6 Å². The SMILES string of the molecule is CC=Cc1c(O)c(Sc2cccc3cccnc23)cc(NS(=O)(=O)c2cccc(OCC)c2)c1CC. The molecule has 4 rings (SSSR count). The van der Waals surface area contributed by atoms with Crippen LogP contribution in [-0.4, -0.2) is 25.1 Å². The summed E-state index contributed by atoms with van der Waals surface area (Å²) in [7, 11) is -3.91. The number of nitrogens with zero attached hydrogens (tertiary/aromatic N) is 1. The molecule has 0 fully saturated rings. The molecule has 3 aromatic carbocycles. The van der Waals surface area contributed by atoms with E-state index in [0.717, 1.165) is 15.8 Å². The van der Waals surface area contributed by atoms with Gasteiger partial charge in [0.25, 0.3) is 10.0 Å². The minimum Gasteiger partial charge on any atom is -0.506 e. The van der Waals surface area contributed by atoms with Crippen LogP contribution in [0.15, 0.2) is 87.6 Å². The lowest BCUT2D eigenvalue weighted by molar-refractivity contribution is 0.339. The molecule has 0 aliphatic rings. The molecular weight excluding hydrogens is 492 g/mol. The van der Waals surface area contributed by atoms with E-state index in [4.69, 9.17) is 4.74 Å². The van der Waals surface area contributed by atoms with Gasteiger partial charge in [-0.1, -0.05) is 55.1 Å². The molecule has 0 saturated heterocycles. The number of nitrogens with one attached hydrogen (secondary N) is 1. The van der Waals surface area contributed by atoms with Crippen molar-refractivity contribution in [3.8, 4) is 11.5 Å². The molecule has 0 saturated carbocycles. The zero-order chi connectivity index (χ0) is 25.7. The number of hydrogen-bond acceptors (Lipinski definition) is 6. The van der Waals surface area contributed by atoms with Gasteiger partial charge in [0.1, 0.15) is 11.5 Å². The first-order valence-electron chi connectivity index (χ1n) is 11.7. The Kier molecular flexibility index (Phi) is 7.86. The molecule has 186 valence electrons. The van der Waals surface area contributed by atoms with E-state index < -0.39 is 10.0 Å². The monoisotopic (exact) mass is 520 g/mol. The molecule has 0 radical (unpaired) electrons. The highest BCUT2D eigenvalue weighted by Crippen LogP contribution is 2.44. The Morgan fingerprint density at radius 1 is 1.06 bits per heavy atom. The number of rotatable bonds is 9. The quantitative estimate of drug-likeness (QED) is 0.234. The molecule has 2 N–H and O–H groups in total. The first kappa shape index (κ1) is 25.6. The molecule has 0 aliphatic carbocycles. The minimum atomic E-state index is -3.91. The lowest BCUT2D eigenvalue weighted by Crippen LogP contribution is -2.15. The number of phenolic OH excluding ortho intramolecular Hbond substituents is 1. The Morgan fingerprint density at radius 2 is 1.83 bits per heavy atom. The van der Waals surface area contributed by atoms with Gasteiger partial charge in [0, 0.05) is 28.1 Å². The largest absolute Gasteiger partial charge is 0.506 e. The first-order valence-corrected chi connectivity index (χ1v) is 14.0. The highest BCUT2D eigenvalue weighted by atomic mass is 32.2. The Morgan fingerprint density at radius 3 is 2.58 bits per heavy atom. The van der Waals surface area contributed by atoms with E-state index in [2.05, 4.69) is 9.71 Å². The minimum absolute atomic E-state index is 0.101. The number of hydrogen-bond donors (Lipinski definition) is 2. The lowest BCUT2D eigenvalue weighted by Gasteiger charge is -2.19. The van der Waals surface area contributed by atoms with Gasteiger partial charge in [0.2, 0.25) is 0 Å². The predicted molar refractivity (Wildman–Crippen MR) is 146 cm³/mol. The van der Waals surface area contributed by atoms with Crippen LogP contribution in [0.5, 0.6) is 11.5 Å². The van der Waals surface area contributed by atoms with Crippen LogP contribution in [0, 0.1) is 0 Å². The van der Waals surface area contributed by atoms with Gasteiger partial charge >= 0.3 is 0 Å². The summed E-state index contributed by atoms with van der Waals surface area (Å²) >= 11 is 1.35. The Bertz CT molecular complexity index is 1530. The van der Waals surface area contributed by atoms with Crippen LogP contribution >= 0.6 is 11.8 Å². The van der Waals surface area contributed by atoms with Crippen LogP contribution in [0.4, 0.5) is 5.69 Å². The van der Waals surface area contributed by atoms with E-state index in [0.29, 0.717) is 40.5 Å². The Hall–Kier alpha value is -3.49. The topological polar surface area (TPSA) is 88.5 Å². The summed E-state index contributed by atoms with van der Waals surface area (Å²) < 4.78 is 35.0. The van der Waals surface area contributed by atoms with E-state index in [9.17, 15) is 13.5 Å². The fourth-order valence-electron chi connectivity index (χ4n) is 3.98. The van der Waals surface area contributed by atoms with Crippen LogP contribution in [0.2, 0.25) is 0 Å². The highest BCUT2D eigenvalue weighted by molar-refractivity contribution is 7.99. The third kappa shape index (κ3) is 5.34. The average Bonchev–Trinajstić information content (AvgIpc) is 2.87. The van der Waals surface area contributed by atoms with Crippen molar-refractivity contribution in [1.29, 1.82) is 0 Å². The van der Waals surface area contributed by atoms with E-state index >= 15 is 0 Å². The van der Waals surface area contributed by atoms with Crippen LogP contribution < -0.4 is 9.46 Å². The summed E-state index contributed by atoms with van der Waals surface area (Å²) in [6, 6.07) is 17.8. The first-order chi connectivity index (χ1) is 17.4. The standard InChI is InChI=1S/C28H28N2O4S2/c1-4-10-23-22(5-2)24(30-36(32,33)21-14-8-13-20(17-21)34-6-3)18-26(28(23)31)35-25-15-7-11-19-12-9-16-29-27(19)25/h4,7-18,30-31H,5-6H2,1-3H3. The van der Waals surface area contributed by atoms with Crippen LogP contribution in [0.3, 0.4) is 0 Å². The van der Waals surface area contributed by atoms with Gasteiger partial charge in [-0.25, -0.2) is 8.42 Å². The number of para-hydroxylation sites is 1. The maximum atomic E-state index is 13.4. The molecule has 1 heterocycles. The van der Waals surface area contributed by atoms with Crippen molar-refractivity contribution >= 4 is 44.5 Å². The van der Waals surface area contributed by atoms with Gasteiger partial charge in [0.05, 0.1) is 27.6 Å². The molecule has 0 atom stereocenters. The molecule has 0 amide bonds. The zero-order valence-electron chi connectivity index (χ0n) is 20.4. The molecule has 8 heteroatoms. The number of anilines is 1. The second kappa shape index (κ2) is 11.1. The van der Waals surface area contributed by atoms with Gasteiger partial charge in [-0.3, -0.25) is 9.71 Å².